The number of esters is 1. The average molecular weight is 380 g/mol. The topological polar surface area (TPSA) is 61.4 Å². The van der Waals surface area contributed by atoms with Crippen molar-refractivity contribution in [3.8, 4) is 0 Å². The molecule has 0 aliphatic rings. The van der Waals surface area contributed by atoms with Gasteiger partial charge < -0.3 is 9.15 Å². The number of rotatable bonds is 3. The average Bonchev–Trinajstić information content (AvgIpc) is 2.84. The van der Waals surface area contributed by atoms with Gasteiger partial charge in [-0.1, -0.05) is 22.0 Å². The van der Waals surface area contributed by atoms with Gasteiger partial charge in [0.1, 0.15) is 5.82 Å². The maximum Gasteiger partial charge on any atom is 0.420 e. The summed E-state index contributed by atoms with van der Waals surface area (Å²) in [6, 6.07) is 9.14. The Morgan fingerprint density at radius 3 is 2.78 bits per heavy atom. The number of carbonyl (C=O) groups is 1. The van der Waals surface area contributed by atoms with Gasteiger partial charge in [0.05, 0.1) is 24.7 Å². The van der Waals surface area contributed by atoms with E-state index < -0.39 is 17.5 Å². The van der Waals surface area contributed by atoms with Gasteiger partial charge in [0.15, 0.2) is 5.58 Å². The van der Waals surface area contributed by atoms with Crippen LogP contribution in [0.4, 0.5) is 4.39 Å². The van der Waals surface area contributed by atoms with Crippen LogP contribution in [-0.2, 0) is 11.3 Å². The van der Waals surface area contributed by atoms with E-state index in [-0.39, 0.29) is 17.7 Å². The van der Waals surface area contributed by atoms with E-state index in [2.05, 4.69) is 20.7 Å². The van der Waals surface area contributed by atoms with Gasteiger partial charge in [-0.15, -0.1) is 0 Å². The third-order valence-corrected chi connectivity index (χ3v) is 3.93. The second kappa shape index (κ2) is 6.00. The normalized spacial score (nSPS) is 10.9. The van der Waals surface area contributed by atoms with E-state index in [9.17, 15) is 14.0 Å². The highest BCUT2D eigenvalue weighted by Crippen LogP contribution is 2.20. The van der Waals surface area contributed by atoms with Crippen LogP contribution in [0.2, 0.25) is 0 Å². The fourth-order valence-electron chi connectivity index (χ4n) is 2.28. The Labute approximate surface area is 138 Å². The van der Waals surface area contributed by atoms with E-state index >= 15 is 0 Å². The van der Waals surface area contributed by atoms with Gasteiger partial charge in [-0.3, -0.25) is 4.57 Å². The number of fused-ring (bicyclic) bond motifs is 1. The van der Waals surface area contributed by atoms with Crippen LogP contribution in [0.5, 0.6) is 0 Å². The molecule has 118 valence electrons. The molecule has 7 heteroatoms. The molecule has 0 radical (unpaired) electrons. The molecule has 1 heterocycles. The van der Waals surface area contributed by atoms with Crippen molar-refractivity contribution in [3.05, 3.63) is 68.4 Å². The first-order chi connectivity index (χ1) is 11.0. The molecule has 23 heavy (non-hydrogen) atoms. The molecule has 2 aromatic carbocycles. The highest BCUT2D eigenvalue weighted by atomic mass is 79.9. The van der Waals surface area contributed by atoms with Gasteiger partial charge in [-0.05, 0) is 30.3 Å². The lowest BCUT2D eigenvalue weighted by atomic mass is 10.2. The first-order valence-corrected chi connectivity index (χ1v) is 7.44. The molecule has 0 saturated heterocycles. The number of aromatic nitrogens is 1. The zero-order chi connectivity index (χ0) is 16.6. The van der Waals surface area contributed by atoms with E-state index in [0.29, 0.717) is 15.6 Å². The van der Waals surface area contributed by atoms with E-state index in [1.165, 1.54) is 29.9 Å². The molecule has 0 spiro atoms. The van der Waals surface area contributed by atoms with Crippen LogP contribution in [0.3, 0.4) is 0 Å². The van der Waals surface area contributed by atoms with Crippen LogP contribution in [0.1, 0.15) is 15.9 Å². The van der Waals surface area contributed by atoms with E-state index in [1.54, 1.807) is 18.2 Å². The third-order valence-electron chi connectivity index (χ3n) is 3.43. The van der Waals surface area contributed by atoms with Gasteiger partial charge in [0.2, 0.25) is 0 Å². The number of hydrogen-bond donors (Lipinski definition) is 0. The summed E-state index contributed by atoms with van der Waals surface area (Å²) in [7, 11) is 1.27. The van der Waals surface area contributed by atoms with Crippen molar-refractivity contribution in [3.63, 3.8) is 0 Å². The number of nitrogens with zero attached hydrogens (tertiary/aromatic N) is 1. The van der Waals surface area contributed by atoms with E-state index in [1.807, 2.05) is 0 Å². The van der Waals surface area contributed by atoms with Crippen LogP contribution in [-0.4, -0.2) is 17.6 Å². The zero-order valence-electron chi connectivity index (χ0n) is 12.0. The van der Waals surface area contributed by atoms with Crippen LogP contribution >= 0.6 is 15.9 Å². The molecule has 0 aliphatic heterocycles. The van der Waals surface area contributed by atoms with Crippen molar-refractivity contribution in [1.29, 1.82) is 0 Å². The lowest BCUT2D eigenvalue weighted by molar-refractivity contribution is 0.0601. The van der Waals surface area contributed by atoms with Crippen molar-refractivity contribution in [1.82, 2.24) is 4.57 Å². The third kappa shape index (κ3) is 2.92. The Hall–Kier alpha value is -2.41. The van der Waals surface area contributed by atoms with Crippen LogP contribution in [0.15, 0.2) is 50.1 Å². The molecule has 0 N–H and O–H groups in total. The molecule has 3 rings (SSSR count). The Bertz CT molecular complexity index is 960. The fraction of sp³-hybridized carbons (Fsp3) is 0.125. The van der Waals surface area contributed by atoms with Gasteiger partial charge in [-0.2, -0.15) is 0 Å². The Balaban J connectivity index is 2.06. The van der Waals surface area contributed by atoms with Crippen LogP contribution in [0, 0.1) is 5.82 Å². The highest BCUT2D eigenvalue weighted by molar-refractivity contribution is 9.10. The summed E-state index contributed by atoms with van der Waals surface area (Å²) in [4.78, 5) is 23.5. The minimum absolute atomic E-state index is 0.0303. The van der Waals surface area contributed by atoms with Gasteiger partial charge in [0.25, 0.3) is 0 Å². The molecular weight excluding hydrogens is 369 g/mol. The monoisotopic (exact) mass is 379 g/mol. The molecule has 0 saturated carbocycles. The predicted octanol–water partition coefficient (Wildman–Crippen LogP) is 3.33. The minimum atomic E-state index is -0.621. The minimum Gasteiger partial charge on any atom is -0.465 e. The van der Waals surface area contributed by atoms with Crippen molar-refractivity contribution in [2.45, 2.75) is 6.54 Å². The number of carbonyl (C=O) groups excluding carboxylic acids is 1. The molecule has 0 amide bonds. The Kier molecular flexibility index (Phi) is 4.04. The lowest BCUT2D eigenvalue weighted by Gasteiger charge is -2.05. The Morgan fingerprint density at radius 1 is 1.30 bits per heavy atom. The number of halogens is 2. The van der Waals surface area contributed by atoms with Gasteiger partial charge in [0, 0.05) is 10.0 Å². The first-order valence-electron chi connectivity index (χ1n) is 6.65. The molecular formula is C16H11BrFNO4. The molecule has 0 atom stereocenters. The maximum atomic E-state index is 14.0. The summed E-state index contributed by atoms with van der Waals surface area (Å²) >= 11 is 3.19. The number of oxazole rings is 1. The molecule has 1 aromatic heterocycles. The lowest BCUT2D eigenvalue weighted by Crippen LogP contribution is -2.15. The van der Waals surface area contributed by atoms with Crippen molar-refractivity contribution >= 4 is 33.0 Å². The molecule has 0 bridgehead atoms. The Morgan fingerprint density at radius 2 is 2.09 bits per heavy atom. The smallest absolute Gasteiger partial charge is 0.420 e. The first kappa shape index (κ1) is 15.5. The molecule has 0 aliphatic carbocycles. The summed E-state index contributed by atoms with van der Waals surface area (Å²) in [5.41, 5.74) is 1.35. The molecule has 0 fully saturated rings. The summed E-state index contributed by atoms with van der Waals surface area (Å²) in [6.07, 6.45) is 0. The van der Waals surface area contributed by atoms with E-state index in [0.717, 1.165) is 0 Å². The fourth-order valence-corrected chi connectivity index (χ4v) is 2.61. The second-order valence-electron chi connectivity index (χ2n) is 4.86. The molecule has 5 nitrogen and oxygen atoms in total. The van der Waals surface area contributed by atoms with Gasteiger partial charge in [-0.25, -0.2) is 14.0 Å². The SMILES string of the molecule is COC(=O)c1ccc2c(c1)oc(=O)n2Cc1ccc(Br)cc1F. The summed E-state index contributed by atoms with van der Waals surface area (Å²) in [6.45, 7) is 0.0303. The number of hydrogen-bond acceptors (Lipinski definition) is 4. The van der Waals surface area contributed by atoms with Crippen molar-refractivity contribution < 1.29 is 18.3 Å². The summed E-state index contributed by atoms with van der Waals surface area (Å²) < 4.78 is 25.6. The van der Waals surface area contributed by atoms with Crippen LogP contribution in [0.25, 0.3) is 11.1 Å². The number of methoxy groups -OCH3 is 1. The number of benzene rings is 2. The quantitative estimate of drug-likeness (QED) is 0.654. The van der Waals surface area contributed by atoms with E-state index in [4.69, 9.17) is 4.42 Å². The zero-order valence-corrected chi connectivity index (χ0v) is 13.6. The second-order valence-corrected chi connectivity index (χ2v) is 5.78. The summed E-state index contributed by atoms with van der Waals surface area (Å²) in [5, 5.41) is 0. The predicted molar refractivity (Wildman–Crippen MR) is 85.0 cm³/mol. The van der Waals surface area contributed by atoms with Crippen molar-refractivity contribution in [2.75, 3.05) is 7.11 Å². The van der Waals surface area contributed by atoms with Gasteiger partial charge >= 0.3 is 11.7 Å². The van der Waals surface area contributed by atoms with Crippen molar-refractivity contribution in [2.24, 2.45) is 0 Å². The standard InChI is InChI=1S/C16H11BrFNO4/c1-22-15(20)9-3-5-13-14(6-9)23-16(21)19(13)8-10-2-4-11(17)7-12(10)18/h2-7H,8H2,1H3. The molecule has 0 unspecified atom stereocenters. The summed E-state index contributed by atoms with van der Waals surface area (Å²) in [5.74, 6) is -1.57. The maximum absolute atomic E-state index is 14.0. The number of ether oxygens (including phenoxy) is 1. The highest BCUT2D eigenvalue weighted by Gasteiger charge is 2.14. The largest absolute Gasteiger partial charge is 0.465 e. The molecule has 3 aromatic rings. The van der Waals surface area contributed by atoms with Crippen LogP contribution < -0.4 is 5.76 Å².